The van der Waals surface area contributed by atoms with Crippen molar-refractivity contribution in [1.82, 2.24) is 4.90 Å². The average Bonchev–Trinajstić information content (AvgIpc) is 2.38. The molecule has 102 valence electrons. The SMILES string of the molecule is O=C(CC1CCC1)N1CCc2c(F)ccc(F)c2C1. The van der Waals surface area contributed by atoms with Crippen molar-refractivity contribution < 1.29 is 13.6 Å². The maximum Gasteiger partial charge on any atom is 0.223 e. The summed E-state index contributed by atoms with van der Waals surface area (Å²) in [7, 11) is 0. The first kappa shape index (κ1) is 12.6. The molecule has 0 bridgehead atoms. The summed E-state index contributed by atoms with van der Waals surface area (Å²) >= 11 is 0. The molecule has 3 rings (SSSR count). The third-order valence-electron chi connectivity index (χ3n) is 4.34. The van der Waals surface area contributed by atoms with Crippen LogP contribution in [0.4, 0.5) is 8.78 Å². The van der Waals surface area contributed by atoms with Crippen LogP contribution in [0.3, 0.4) is 0 Å². The number of hydrogen-bond donors (Lipinski definition) is 0. The molecule has 1 amide bonds. The normalized spacial score (nSPS) is 18.9. The van der Waals surface area contributed by atoms with E-state index >= 15 is 0 Å². The number of halogens is 2. The minimum atomic E-state index is -0.405. The Labute approximate surface area is 111 Å². The van der Waals surface area contributed by atoms with Gasteiger partial charge in [0.05, 0.1) is 0 Å². The summed E-state index contributed by atoms with van der Waals surface area (Å²) in [4.78, 5) is 13.8. The fraction of sp³-hybridized carbons (Fsp3) is 0.533. The molecule has 0 radical (unpaired) electrons. The minimum Gasteiger partial charge on any atom is -0.338 e. The number of fused-ring (bicyclic) bond motifs is 1. The molecule has 1 aromatic rings. The zero-order valence-corrected chi connectivity index (χ0v) is 10.8. The number of carbonyl (C=O) groups is 1. The lowest BCUT2D eigenvalue weighted by atomic mass is 9.82. The summed E-state index contributed by atoms with van der Waals surface area (Å²) in [6, 6.07) is 2.31. The van der Waals surface area contributed by atoms with Crippen LogP contribution in [0.25, 0.3) is 0 Å². The van der Waals surface area contributed by atoms with Crippen LogP contribution in [-0.2, 0) is 17.8 Å². The number of rotatable bonds is 2. The number of amides is 1. The van der Waals surface area contributed by atoms with Crippen LogP contribution in [0.1, 0.15) is 36.8 Å². The van der Waals surface area contributed by atoms with Gasteiger partial charge in [0.1, 0.15) is 11.6 Å². The monoisotopic (exact) mass is 265 g/mol. The Bertz CT molecular complexity index is 511. The van der Waals surface area contributed by atoms with Gasteiger partial charge >= 0.3 is 0 Å². The first-order valence-electron chi connectivity index (χ1n) is 6.88. The van der Waals surface area contributed by atoms with Crippen LogP contribution in [0, 0.1) is 17.6 Å². The molecule has 1 aliphatic heterocycles. The van der Waals surface area contributed by atoms with Crippen molar-refractivity contribution in [1.29, 1.82) is 0 Å². The highest BCUT2D eigenvalue weighted by Crippen LogP contribution is 2.31. The van der Waals surface area contributed by atoms with Crippen molar-refractivity contribution in [3.8, 4) is 0 Å². The highest BCUT2D eigenvalue weighted by Gasteiger charge is 2.28. The second-order valence-corrected chi connectivity index (χ2v) is 5.55. The Morgan fingerprint density at radius 3 is 2.53 bits per heavy atom. The average molecular weight is 265 g/mol. The highest BCUT2D eigenvalue weighted by atomic mass is 19.1. The van der Waals surface area contributed by atoms with Crippen molar-refractivity contribution in [3.63, 3.8) is 0 Å². The van der Waals surface area contributed by atoms with Gasteiger partial charge in [-0.05, 0) is 42.9 Å². The Kier molecular flexibility index (Phi) is 3.25. The van der Waals surface area contributed by atoms with Crippen LogP contribution >= 0.6 is 0 Å². The molecule has 1 saturated carbocycles. The van der Waals surface area contributed by atoms with E-state index in [0.717, 1.165) is 18.9 Å². The molecule has 1 aromatic carbocycles. The lowest BCUT2D eigenvalue weighted by Crippen LogP contribution is -2.38. The van der Waals surface area contributed by atoms with Gasteiger partial charge in [-0.2, -0.15) is 0 Å². The number of carbonyl (C=O) groups excluding carboxylic acids is 1. The molecule has 4 heteroatoms. The molecule has 0 spiro atoms. The second-order valence-electron chi connectivity index (χ2n) is 5.55. The topological polar surface area (TPSA) is 20.3 Å². The molecule has 0 saturated heterocycles. The quantitative estimate of drug-likeness (QED) is 0.805. The van der Waals surface area contributed by atoms with E-state index in [9.17, 15) is 13.6 Å². The fourth-order valence-corrected chi connectivity index (χ4v) is 2.88. The third-order valence-corrected chi connectivity index (χ3v) is 4.34. The Hall–Kier alpha value is -1.45. The Morgan fingerprint density at radius 2 is 1.89 bits per heavy atom. The van der Waals surface area contributed by atoms with Crippen molar-refractivity contribution in [3.05, 3.63) is 34.9 Å². The molecule has 0 aromatic heterocycles. The summed E-state index contributed by atoms with van der Waals surface area (Å²) in [6.45, 7) is 0.712. The second kappa shape index (κ2) is 4.91. The molecular weight excluding hydrogens is 248 g/mol. The highest BCUT2D eigenvalue weighted by molar-refractivity contribution is 5.77. The number of hydrogen-bond acceptors (Lipinski definition) is 1. The molecule has 2 aliphatic rings. The molecule has 1 heterocycles. The summed E-state index contributed by atoms with van der Waals surface area (Å²) in [5.41, 5.74) is 0.793. The first-order valence-corrected chi connectivity index (χ1v) is 6.88. The van der Waals surface area contributed by atoms with E-state index in [1.807, 2.05) is 0 Å². The van der Waals surface area contributed by atoms with Crippen LogP contribution < -0.4 is 0 Å². The van der Waals surface area contributed by atoms with E-state index in [0.29, 0.717) is 36.4 Å². The lowest BCUT2D eigenvalue weighted by Gasteiger charge is -2.32. The van der Waals surface area contributed by atoms with E-state index in [1.54, 1.807) is 4.90 Å². The van der Waals surface area contributed by atoms with Gasteiger partial charge in [0, 0.05) is 25.1 Å². The van der Waals surface area contributed by atoms with Gasteiger partial charge in [0.25, 0.3) is 0 Å². The van der Waals surface area contributed by atoms with Gasteiger partial charge in [-0.1, -0.05) is 6.42 Å². The molecule has 19 heavy (non-hydrogen) atoms. The minimum absolute atomic E-state index is 0.0824. The summed E-state index contributed by atoms with van der Waals surface area (Å²) in [5, 5.41) is 0. The van der Waals surface area contributed by atoms with Crippen LogP contribution in [-0.4, -0.2) is 17.4 Å². The summed E-state index contributed by atoms with van der Waals surface area (Å²) < 4.78 is 27.3. The predicted molar refractivity (Wildman–Crippen MR) is 67.4 cm³/mol. The molecule has 0 unspecified atom stereocenters. The molecular formula is C15H17F2NO. The van der Waals surface area contributed by atoms with E-state index in [2.05, 4.69) is 0 Å². The largest absolute Gasteiger partial charge is 0.338 e. The maximum atomic E-state index is 13.7. The van der Waals surface area contributed by atoms with Crippen molar-refractivity contribution in [2.75, 3.05) is 6.54 Å². The van der Waals surface area contributed by atoms with Crippen molar-refractivity contribution in [2.24, 2.45) is 5.92 Å². The molecule has 0 N–H and O–H groups in total. The van der Waals surface area contributed by atoms with Gasteiger partial charge in [-0.25, -0.2) is 8.78 Å². The van der Waals surface area contributed by atoms with Crippen LogP contribution in [0.5, 0.6) is 0 Å². The van der Waals surface area contributed by atoms with Crippen LogP contribution in [0.15, 0.2) is 12.1 Å². The summed E-state index contributed by atoms with van der Waals surface area (Å²) in [6.07, 6.45) is 4.43. The Morgan fingerprint density at radius 1 is 1.21 bits per heavy atom. The van der Waals surface area contributed by atoms with Gasteiger partial charge < -0.3 is 4.90 Å². The van der Waals surface area contributed by atoms with E-state index in [-0.39, 0.29) is 18.3 Å². The van der Waals surface area contributed by atoms with Gasteiger partial charge in [0.2, 0.25) is 5.91 Å². The lowest BCUT2D eigenvalue weighted by molar-refractivity contribution is -0.133. The van der Waals surface area contributed by atoms with E-state index in [4.69, 9.17) is 0 Å². The molecule has 1 aliphatic carbocycles. The van der Waals surface area contributed by atoms with Crippen molar-refractivity contribution >= 4 is 5.91 Å². The predicted octanol–water partition coefficient (Wildman–Crippen LogP) is 3.04. The molecule has 2 nitrogen and oxygen atoms in total. The smallest absolute Gasteiger partial charge is 0.223 e. The first-order chi connectivity index (χ1) is 9.15. The zero-order valence-electron chi connectivity index (χ0n) is 10.8. The molecule has 0 atom stereocenters. The zero-order chi connectivity index (χ0) is 13.4. The van der Waals surface area contributed by atoms with E-state index < -0.39 is 5.82 Å². The van der Waals surface area contributed by atoms with E-state index in [1.165, 1.54) is 12.5 Å². The maximum absolute atomic E-state index is 13.7. The number of benzene rings is 1. The molecule has 1 fully saturated rings. The van der Waals surface area contributed by atoms with Crippen molar-refractivity contribution in [2.45, 2.75) is 38.6 Å². The van der Waals surface area contributed by atoms with Crippen LogP contribution in [0.2, 0.25) is 0 Å². The van der Waals surface area contributed by atoms with Gasteiger partial charge in [-0.15, -0.1) is 0 Å². The summed E-state index contributed by atoms with van der Waals surface area (Å²) in [5.74, 6) is -0.176. The number of nitrogens with zero attached hydrogens (tertiary/aromatic N) is 1. The fourth-order valence-electron chi connectivity index (χ4n) is 2.88. The van der Waals surface area contributed by atoms with Gasteiger partial charge in [-0.3, -0.25) is 4.79 Å². The van der Waals surface area contributed by atoms with Gasteiger partial charge in [0.15, 0.2) is 0 Å². The Balaban J connectivity index is 1.74. The standard InChI is InChI=1S/C15H17F2NO/c16-13-4-5-14(17)12-9-18(7-6-11(12)13)15(19)8-10-2-1-3-10/h4-5,10H,1-3,6-9H2. The third kappa shape index (κ3) is 2.36.